The van der Waals surface area contributed by atoms with Gasteiger partial charge < -0.3 is 4.43 Å². The molecule has 0 aromatic carbocycles. The highest BCUT2D eigenvalue weighted by Gasteiger charge is 2.39. The largest absolute Gasteiger partial charge is 0.417 e. The summed E-state index contributed by atoms with van der Waals surface area (Å²) in [5, 5.41) is 0. The first-order valence-corrected chi connectivity index (χ1v) is 9.23. The zero-order chi connectivity index (χ0) is 11.9. The molecule has 0 aromatic rings. The van der Waals surface area contributed by atoms with Crippen molar-refractivity contribution in [3.63, 3.8) is 0 Å². The summed E-state index contributed by atoms with van der Waals surface area (Å²) < 4.78 is 6.31. The highest BCUT2D eigenvalue weighted by atomic mass is 28.4. The maximum Gasteiger partial charge on any atom is 0.195 e. The highest BCUT2D eigenvalue weighted by Crippen LogP contribution is 2.37. The summed E-state index contributed by atoms with van der Waals surface area (Å²) >= 11 is 0. The van der Waals surface area contributed by atoms with Gasteiger partial charge in [0.2, 0.25) is 0 Å². The van der Waals surface area contributed by atoms with E-state index < -0.39 is 8.32 Å². The fourth-order valence-corrected chi connectivity index (χ4v) is 5.76. The number of unbranched alkanes of at least 4 members (excludes halogenated alkanes) is 1. The Balaban J connectivity index is 4.40. The molecule has 0 spiro atoms. The van der Waals surface area contributed by atoms with Crippen LogP contribution in [-0.4, -0.2) is 14.9 Å². The number of hydrogen-bond donors (Lipinski definition) is 0. The molecule has 0 aliphatic rings. The van der Waals surface area contributed by atoms with Crippen molar-refractivity contribution in [2.45, 2.75) is 77.9 Å². The topological polar surface area (TPSA) is 9.23 Å². The Kier molecular flexibility index (Phi) is 7.54. The second kappa shape index (κ2) is 7.45. The van der Waals surface area contributed by atoms with E-state index in [4.69, 9.17) is 4.43 Å². The van der Waals surface area contributed by atoms with Crippen molar-refractivity contribution in [2.75, 3.05) is 6.61 Å². The highest BCUT2D eigenvalue weighted by molar-refractivity contribution is 6.75. The molecule has 92 valence electrons. The molecule has 0 amide bonds. The van der Waals surface area contributed by atoms with Crippen LogP contribution in [0.1, 0.15) is 60.3 Å². The quantitative estimate of drug-likeness (QED) is 0.422. The molecular formula is C13H30OSi. The van der Waals surface area contributed by atoms with Gasteiger partial charge in [-0.3, -0.25) is 0 Å². The van der Waals surface area contributed by atoms with Crippen LogP contribution >= 0.6 is 0 Å². The van der Waals surface area contributed by atoms with Gasteiger partial charge >= 0.3 is 0 Å². The third-order valence-corrected chi connectivity index (χ3v) is 9.65. The molecule has 0 N–H and O–H groups in total. The van der Waals surface area contributed by atoms with Crippen LogP contribution in [0.25, 0.3) is 0 Å². The lowest BCUT2D eigenvalue weighted by Gasteiger charge is -2.37. The predicted molar refractivity (Wildman–Crippen MR) is 71.9 cm³/mol. The Bertz CT molecular complexity index is 149. The second-order valence-corrected chi connectivity index (χ2v) is 9.63. The summed E-state index contributed by atoms with van der Waals surface area (Å²) in [6.07, 6.45) is 4.99. The lowest BCUT2D eigenvalue weighted by molar-refractivity contribution is 0.278. The molecular weight excluding hydrogens is 200 g/mol. The average Bonchev–Trinajstić information content (AvgIpc) is 2.26. The first-order valence-electron chi connectivity index (χ1n) is 6.66. The minimum absolute atomic E-state index is 0.782. The van der Waals surface area contributed by atoms with Gasteiger partial charge in [-0.1, -0.05) is 53.9 Å². The first-order chi connectivity index (χ1) is 7.02. The van der Waals surface area contributed by atoms with E-state index in [2.05, 4.69) is 41.2 Å². The number of hydrogen-bond acceptors (Lipinski definition) is 1. The van der Waals surface area contributed by atoms with E-state index in [1.54, 1.807) is 0 Å². The smallest absolute Gasteiger partial charge is 0.195 e. The maximum absolute atomic E-state index is 6.31. The van der Waals surface area contributed by atoms with Crippen LogP contribution in [0.4, 0.5) is 0 Å². The molecule has 1 nitrogen and oxygen atoms in total. The van der Waals surface area contributed by atoms with Gasteiger partial charge in [0.05, 0.1) is 0 Å². The van der Waals surface area contributed by atoms with Crippen molar-refractivity contribution in [2.24, 2.45) is 0 Å². The second-order valence-electron chi connectivity index (χ2n) is 5.00. The van der Waals surface area contributed by atoms with Crippen LogP contribution in [0.15, 0.2) is 0 Å². The van der Waals surface area contributed by atoms with E-state index in [1.807, 2.05) is 0 Å². The van der Waals surface area contributed by atoms with E-state index in [1.165, 1.54) is 25.7 Å². The Hall–Kier alpha value is 0.177. The van der Waals surface area contributed by atoms with Gasteiger partial charge in [0.1, 0.15) is 0 Å². The van der Waals surface area contributed by atoms with Gasteiger partial charge in [-0.05, 0) is 24.1 Å². The van der Waals surface area contributed by atoms with Gasteiger partial charge in [-0.2, -0.15) is 0 Å². The fourth-order valence-electron chi connectivity index (χ4n) is 2.02. The molecule has 2 heteroatoms. The van der Waals surface area contributed by atoms with E-state index in [-0.39, 0.29) is 0 Å². The Morgan fingerprint density at radius 3 is 1.80 bits per heavy atom. The molecule has 0 aliphatic carbocycles. The van der Waals surface area contributed by atoms with Crippen molar-refractivity contribution in [3.8, 4) is 0 Å². The molecule has 15 heavy (non-hydrogen) atoms. The van der Waals surface area contributed by atoms with Crippen molar-refractivity contribution in [1.29, 1.82) is 0 Å². The molecule has 0 rings (SSSR count). The van der Waals surface area contributed by atoms with Crippen LogP contribution in [0.2, 0.25) is 17.6 Å². The molecule has 2 unspecified atom stereocenters. The Morgan fingerprint density at radius 2 is 1.47 bits per heavy atom. The summed E-state index contributed by atoms with van der Waals surface area (Å²) in [7, 11) is -1.49. The lowest BCUT2D eigenvalue weighted by atomic mass is 10.3. The SMILES string of the molecule is CCCCO[Si](C)(C(C)CC)C(C)CC. The molecule has 0 fully saturated rings. The monoisotopic (exact) mass is 230 g/mol. The maximum atomic E-state index is 6.31. The normalized spacial score (nSPS) is 19.6. The van der Waals surface area contributed by atoms with Crippen LogP contribution in [0.3, 0.4) is 0 Å². The summed E-state index contributed by atoms with van der Waals surface area (Å²) in [6.45, 7) is 15.0. The minimum Gasteiger partial charge on any atom is -0.417 e. The van der Waals surface area contributed by atoms with Crippen molar-refractivity contribution >= 4 is 8.32 Å². The van der Waals surface area contributed by atoms with Gasteiger partial charge in [-0.25, -0.2) is 0 Å². The van der Waals surface area contributed by atoms with Gasteiger partial charge in [0.25, 0.3) is 0 Å². The van der Waals surface area contributed by atoms with Crippen LogP contribution in [0, 0.1) is 0 Å². The molecule has 0 saturated carbocycles. The van der Waals surface area contributed by atoms with Gasteiger partial charge in [0, 0.05) is 6.61 Å². The van der Waals surface area contributed by atoms with Crippen molar-refractivity contribution < 1.29 is 4.43 Å². The van der Waals surface area contributed by atoms with Crippen LogP contribution < -0.4 is 0 Å². The summed E-state index contributed by atoms with van der Waals surface area (Å²) in [5.41, 5.74) is 1.56. The first kappa shape index (κ1) is 15.2. The van der Waals surface area contributed by atoms with Crippen molar-refractivity contribution in [3.05, 3.63) is 0 Å². The minimum atomic E-state index is -1.49. The predicted octanol–water partition coefficient (Wildman–Crippen LogP) is 4.98. The van der Waals surface area contributed by atoms with E-state index >= 15 is 0 Å². The molecule has 0 aromatic heterocycles. The van der Waals surface area contributed by atoms with E-state index in [0.717, 1.165) is 17.7 Å². The molecule has 0 saturated heterocycles. The van der Waals surface area contributed by atoms with Gasteiger partial charge in [-0.15, -0.1) is 0 Å². The summed E-state index contributed by atoms with van der Waals surface area (Å²) in [6, 6.07) is 0. The van der Waals surface area contributed by atoms with Crippen LogP contribution in [-0.2, 0) is 4.43 Å². The van der Waals surface area contributed by atoms with Crippen LogP contribution in [0.5, 0.6) is 0 Å². The lowest BCUT2D eigenvalue weighted by Crippen LogP contribution is -2.43. The summed E-state index contributed by atoms with van der Waals surface area (Å²) in [4.78, 5) is 0. The molecule has 0 radical (unpaired) electrons. The van der Waals surface area contributed by atoms with E-state index in [9.17, 15) is 0 Å². The molecule has 2 atom stereocenters. The molecule has 0 bridgehead atoms. The Morgan fingerprint density at radius 1 is 1.00 bits per heavy atom. The Labute approximate surface area is 97.7 Å². The average molecular weight is 230 g/mol. The fraction of sp³-hybridized carbons (Fsp3) is 1.00. The third kappa shape index (κ3) is 4.27. The molecule has 0 aliphatic heterocycles. The van der Waals surface area contributed by atoms with Crippen molar-refractivity contribution in [1.82, 2.24) is 0 Å². The van der Waals surface area contributed by atoms with Gasteiger partial charge in [0.15, 0.2) is 8.32 Å². The summed E-state index contributed by atoms with van der Waals surface area (Å²) in [5.74, 6) is 0. The zero-order valence-electron chi connectivity index (χ0n) is 11.6. The van der Waals surface area contributed by atoms with E-state index in [0.29, 0.717) is 0 Å². The number of rotatable bonds is 8. The molecule has 0 heterocycles. The standard InChI is InChI=1S/C13H30OSi/c1-7-10-11-14-15(6,12(4)8-2)13(5)9-3/h12-13H,7-11H2,1-6H3. The third-order valence-electron chi connectivity index (χ3n) is 4.09. The zero-order valence-corrected chi connectivity index (χ0v) is 12.6.